The van der Waals surface area contributed by atoms with Crippen LogP contribution in [0, 0.1) is 23.7 Å². The van der Waals surface area contributed by atoms with Gasteiger partial charge in [-0.05, 0) is 41.3 Å². The van der Waals surface area contributed by atoms with E-state index in [1.54, 1.807) is 0 Å². The van der Waals surface area contributed by atoms with E-state index in [-0.39, 0.29) is 20.0 Å². The lowest BCUT2D eigenvalue weighted by Crippen LogP contribution is -2.53. The van der Waals surface area contributed by atoms with E-state index in [2.05, 4.69) is 83.7 Å². The topological polar surface area (TPSA) is 84.8 Å². The molecule has 1 N–H and O–H groups in total. The molecule has 306 valence electrons. The van der Waals surface area contributed by atoms with E-state index in [1.165, 1.54) is 0 Å². The third kappa shape index (κ3) is 18.4. The van der Waals surface area contributed by atoms with E-state index >= 15 is 0 Å². The monoisotopic (exact) mass is 810 g/mol. The van der Waals surface area contributed by atoms with Crippen LogP contribution in [0.5, 0.6) is 0 Å². The summed E-state index contributed by atoms with van der Waals surface area (Å²) in [5, 5.41) is 12.0. The van der Waals surface area contributed by atoms with Gasteiger partial charge in [-0.3, -0.25) is 0 Å². The molecule has 0 saturated carbocycles. The molecular weight excluding hydrogens is 741 g/mol. The normalized spacial score (nSPS) is 22.4. The van der Waals surface area contributed by atoms with Gasteiger partial charge < -0.3 is 38.0 Å². The molecule has 0 spiro atoms. The molecule has 0 aliphatic heterocycles. The van der Waals surface area contributed by atoms with Crippen LogP contribution in [0.2, 0.25) is 69.5 Å². The minimum Gasteiger partial charge on any atom is -0.410 e. The number of hydrogen-bond acceptors (Lipinski definition) is 8. The van der Waals surface area contributed by atoms with Gasteiger partial charge in [0.1, 0.15) is 25.8 Å². The highest BCUT2D eigenvalue weighted by molar-refractivity contribution is 6.76. The van der Waals surface area contributed by atoms with Crippen LogP contribution in [0.3, 0.4) is 0 Å². The van der Waals surface area contributed by atoms with Crippen molar-refractivity contribution >= 4 is 24.5 Å². The van der Waals surface area contributed by atoms with Crippen LogP contribution in [0.4, 0.5) is 0 Å². The summed E-state index contributed by atoms with van der Waals surface area (Å²) in [6.07, 6.45) is -3.90. The lowest BCUT2D eigenvalue weighted by atomic mass is 9.98. The van der Waals surface area contributed by atoms with Crippen LogP contribution in [-0.2, 0) is 46.1 Å². The van der Waals surface area contributed by atoms with Gasteiger partial charge in [0.15, 0.2) is 20.5 Å². The fraction of sp³-hybridized carbons (Fsp3) is 0.636. The van der Waals surface area contributed by atoms with E-state index in [4.69, 9.17) is 32.8 Å². The SMILES string of the molecule is CC[Si](CC)(CC)O[C@@H]1CC#C[C@H](OCc2ccccc2)[C@@H](OCc2ccccc2)C#CC[C@@H](O)[C@@H](OCOCC[Si](C)(C)C)[C@@H]1OCOCC[Si](C)(C)C. The first kappa shape index (κ1) is 47.3. The van der Waals surface area contributed by atoms with Crippen LogP contribution < -0.4 is 0 Å². The van der Waals surface area contributed by atoms with Gasteiger partial charge in [-0.15, -0.1) is 0 Å². The molecule has 0 amide bonds. The minimum absolute atomic E-state index is 0.0183. The predicted octanol–water partition coefficient (Wildman–Crippen LogP) is 9.10. The molecule has 6 atom stereocenters. The molecular formula is C44H70O8Si3. The first-order chi connectivity index (χ1) is 26.3. The average Bonchev–Trinajstić information content (AvgIpc) is 3.15. The Bertz CT molecular complexity index is 1450. The summed E-state index contributed by atoms with van der Waals surface area (Å²) in [5.41, 5.74) is 2.05. The number of hydrogen-bond donors (Lipinski definition) is 1. The molecule has 8 nitrogen and oxygen atoms in total. The van der Waals surface area contributed by atoms with Gasteiger partial charge in [0, 0.05) is 42.2 Å². The number of ether oxygens (including phenoxy) is 6. The molecule has 0 fully saturated rings. The van der Waals surface area contributed by atoms with Gasteiger partial charge in [0.25, 0.3) is 0 Å². The highest BCUT2D eigenvalue weighted by Gasteiger charge is 2.41. The van der Waals surface area contributed by atoms with E-state index in [1.807, 2.05) is 60.7 Å². The highest BCUT2D eigenvalue weighted by atomic mass is 28.4. The Kier molecular flexibility index (Phi) is 21.2. The van der Waals surface area contributed by atoms with Crippen molar-refractivity contribution in [3.63, 3.8) is 0 Å². The molecule has 0 heterocycles. The van der Waals surface area contributed by atoms with Crippen molar-refractivity contribution in [1.29, 1.82) is 0 Å². The maximum atomic E-state index is 12.0. The molecule has 1 aliphatic rings. The summed E-state index contributed by atoms with van der Waals surface area (Å²) < 4.78 is 45.3. The zero-order valence-corrected chi connectivity index (χ0v) is 38.2. The van der Waals surface area contributed by atoms with Crippen molar-refractivity contribution in [2.75, 3.05) is 26.8 Å². The fourth-order valence-electron chi connectivity index (χ4n) is 6.08. The van der Waals surface area contributed by atoms with Gasteiger partial charge >= 0.3 is 0 Å². The van der Waals surface area contributed by atoms with E-state index in [0.717, 1.165) is 41.3 Å². The number of aliphatic hydroxyl groups is 1. The number of aliphatic hydroxyl groups excluding tert-OH is 1. The summed E-state index contributed by atoms with van der Waals surface area (Å²) in [5.74, 6) is 13.3. The third-order valence-electron chi connectivity index (χ3n) is 10.0. The molecule has 2 aromatic carbocycles. The lowest BCUT2D eigenvalue weighted by molar-refractivity contribution is -0.210. The molecule has 1 aliphatic carbocycles. The Balaban J connectivity index is 2.03. The average molecular weight is 811 g/mol. The first-order valence-corrected chi connectivity index (χ1v) is 30.2. The second kappa shape index (κ2) is 24.6. The zero-order valence-electron chi connectivity index (χ0n) is 35.2. The molecule has 0 radical (unpaired) electrons. The van der Waals surface area contributed by atoms with Crippen LogP contribution in [0.25, 0.3) is 0 Å². The van der Waals surface area contributed by atoms with Crippen LogP contribution in [0.1, 0.15) is 44.7 Å². The van der Waals surface area contributed by atoms with E-state index < -0.39 is 61.1 Å². The van der Waals surface area contributed by atoms with Gasteiger partial charge in [-0.1, -0.05) is 144 Å². The zero-order chi connectivity index (χ0) is 40.2. The largest absolute Gasteiger partial charge is 0.410 e. The molecule has 2 aromatic rings. The summed E-state index contributed by atoms with van der Waals surface area (Å²) in [7, 11) is -4.82. The quantitative estimate of drug-likeness (QED) is 0.0516. The van der Waals surface area contributed by atoms with Gasteiger partial charge in [-0.2, -0.15) is 0 Å². The Morgan fingerprint density at radius 3 is 1.47 bits per heavy atom. The first-order valence-electron chi connectivity index (χ1n) is 20.3. The Labute approximate surface area is 336 Å². The molecule has 0 bridgehead atoms. The van der Waals surface area contributed by atoms with Crippen molar-refractivity contribution in [1.82, 2.24) is 0 Å². The van der Waals surface area contributed by atoms with Gasteiger partial charge in [-0.25, -0.2) is 0 Å². The van der Waals surface area contributed by atoms with Crippen LogP contribution in [-0.4, -0.2) is 93.0 Å². The predicted molar refractivity (Wildman–Crippen MR) is 231 cm³/mol. The summed E-state index contributed by atoms with van der Waals surface area (Å²) >= 11 is 0. The van der Waals surface area contributed by atoms with Gasteiger partial charge in [0.05, 0.1) is 25.4 Å². The van der Waals surface area contributed by atoms with Crippen molar-refractivity contribution in [3.05, 3.63) is 71.8 Å². The lowest BCUT2D eigenvalue weighted by Gasteiger charge is -2.40. The summed E-state index contributed by atoms with van der Waals surface area (Å²) in [6.45, 7) is 22.5. The second-order valence-corrected chi connectivity index (χ2v) is 32.9. The highest BCUT2D eigenvalue weighted by Crippen LogP contribution is 2.29. The van der Waals surface area contributed by atoms with Crippen LogP contribution in [0.15, 0.2) is 60.7 Å². The maximum Gasteiger partial charge on any atom is 0.192 e. The standard InChI is InChI=1S/C44H70O8Si3/c1-10-55(11-2,12-3)52-42-28-20-27-41(49-34-38-23-17-14-18-24-38)40(48-33-37-21-15-13-16-22-37)26-19-25-39(45)43(50-35-46-29-31-53(4,5)6)44(42)51-36-47-30-32-54(7,8)9/h13-18,21-24,39-45H,10-12,25,28-36H2,1-9H3/t39-,40+,41+,42-,43-,44-/m1/s1. The molecule has 3 rings (SSSR count). The second-order valence-electron chi connectivity index (χ2n) is 16.9. The Morgan fingerprint density at radius 2 is 1.04 bits per heavy atom. The Hall–Kier alpha value is -2.11. The smallest absolute Gasteiger partial charge is 0.192 e. The summed E-state index contributed by atoms with van der Waals surface area (Å²) in [6, 6.07) is 24.9. The molecule has 11 heteroatoms. The van der Waals surface area contributed by atoms with Crippen molar-refractivity contribution in [2.24, 2.45) is 0 Å². The minimum atomic E-state index is -2.20. The van der Waals surface area contributed by atoms with Crippen molar-refractivity contribution < 1.29 is 38.0 Å². The number of rotatable bonds is 23. The van der Waals surface area contributed by atoms with Crippen molar-refractivity contribution in [3.8, 4) is 23.7 Å². The van der Waals surface area contributed by atoms with Crippen molar-refractivity contribution in [2.45, 2.75) is 153 Å². The Morgan fingerprint density at radius 1 is 0.600 bits per heavy atom. The van der Waals surface area contributed by atoms with Crippen LogP contribution >= 0.6 is 0 Å². The fourth-order valence-corrected chi connectivity index (χ4v) is 10.5. The molecule has 0 saturated heterocycles. The van der Waals surface area contributed by atoms with E-state index in [9.17, 15) is 5.11 Å². The van der Waals surface area contributed by atoms with E-state index in [0.29, 0.717) is 32.8 Å². The molecule has 0 unspecified atom stereocenters. The van der Waals surface area contributed by atoms with Gasteiger partial charge in [0.2, 0.25) is 0 Å². The maximum absolute atomic E-state index is 12.0. The molecule has 55 heavy (non-hydrogen) atoms. The summed E-state index contributed by atoms with van der Waals surface area (Å²) in [4.78, 5) is 0. The number of benzene rings is 2. The molecule has 0 aromatic heterocycles. The third-order valence-corrected chi connectivity index (χ3v) is 18.1.